The van der Waals surface area contributed by atoms with Gasteiger partial charge in [-0.15, -0.1) is 0 Å². The van der Waals surface area contributed by atoms with Crippen molar-refractivity contribution in [2.24, 2.45) is 0 Å². The summed E-state index contributed by atoms with van der Waals surface area (Å²) >= 11 is 2.71. The monoisotopic (exact) mass is 303 g/mol. The van der Waals surface area contributed by atoms with Crippen molar-refractivity contribution in [3.05, 3.63) is 41.9 Å². The SMILES string of the molecule is Cc1nsc(Sc2cc(C(=O)O)nc3ccccc23)n1. The van der Waals surface area contributed by atoms with Crippen molar-refractivity contribution in [3.8, 4) is 0 Å². The Labute approximate surface area is 122 Å². The minimum Gasteiger partial charge on any atom is -0.477 e. The average molecular weight is 303 g/mol. The number of hydrogen-bond acceptors (Lipinski definition) is 6. The summed E-state index contributed by atoms with van der Waals surface area (Å²) < 4.78 is 4.92. The largest absolute Gasteiger partial charge is 0.477 e. The summed E-state index contributed by atoms with van der Waals surface area (Å²) in [4.78, 5) is 20.4. The lowest BCUT2D eigenvalue weighted by atomic mass is 10.2. The van der Waals surface area contributed by atoms with E-state index in [0.29, 0.717) is 11.3 Å². The molecular formula is C13H9N3O2S2. The first-order chi connectivity index (χ1) is 9.63. The molecule has 1 N–H and O–H groups in total. The van der Waals surface area contributed by atoms with E-state index in [9.17, 15) is 4.79 Å². The third-order valence-electron chi connectivity index (χ3n) is 2.60. The van der Waals surface area contributed by atoms with Gasteiger partial charge >= 0.3 is 5.97 Å². The number of carbonyl (C=O) groups is 1. The highest BCUT2D eigenvalue weighted by atomic mass is 32.2. The number of rotatable bonds is 3. The van der Waals surface area contributed by atoms with Crippen molar-refractivity contribution in [2.75, 3.05) is 0 Å². The first-order valence-corrected chi connectivity index (χ1v) is 7.34. The summed E-state index contributed by atoms with van der Waals surface area (Å²) in [5, 5.41) is 10.1. The fraction of sp³-hybridized carbons (Fsp3) is 0.0769. The van der Waals surface area contributed by atoms with Crippen molar-refractivity contribution in [3.63, 3.8) is 0 Å². The minimum atomic E-state index is -1.04. The van der Waals surface area contributed by atoms with E-state index < -0.39 is 5.97 Å². The van der Waals surface area contributed by atoms with Gasteiger partial charge in [0.15, 0.2) is 4.34 Å². The molecule has 0 aliphatic rings. The molecule has 2 heterocycles. The predicted molar refractivity (Wildman–Crippen MR) is 77.5 cm³/mol. The molecule has 0 fully saturated rings. The van der Waals surface area contributed by atoms with E-state index in [-0.39, 0.29) is 5.69 Å². The molecule has 1 aromatic carbocycles. The van der Waals surface area contributed by atoms with Crippen molar-refractivity contribution < 1.29 is 9.90 Å². The number of aromatic nitrogens is 3. The summed E-state index contributed by atoms with van der Waals surface area (Å²) in [6.45, 7) is 1.83. The summed E-state index contributed by atoms with van der Waals surface area (Å²) in [6, 6.07) is 9.04. The van der Waals surface area contributed by atoms with Gasteiger partial charge in [0.05, 0.1) is 5.52 Å². The third kappa shape index (κ3) is 2.50. The summed E-state index contributed by atoms with van der Waals surface area (Å²) in [7, 11) is 0. The van der Waals surface area contributed by atoms with Crippen LogP contribution in [0.25, 0.3) is 10.9 Å². The molecule has 5 nitrogen and oxygen atoms in total. The van der Waals surface area contributed by atoms with Gasteiger partial charge in [0.1, 0.15) is 11.5 Å². The number of hydrogen-bond donors (Lipinski definition) is 1. The maximum absolute atomic E-state index is 11.2. The molecule has 3 aromatic rings. The molecular weight excluding hydrogens is 294 g/mol. The van der Waals surface area contributed by atoms with Crippen LogP contribution in [0.5, 0.6) is 0 Å². The zero-order valence-electron chi connectivity index (χ0n) is 10.4. The highest BCUT2D eigenvalue weighted by Crippen LogP contribution is 2.34. The van der Waals surface area contributed by atoms with E-state index in [1.54, 1.807) is 12.1 Å². The van der Waals surface area contributed by atoms with Gasteiger partial charge in [0.25, 0.3) is 0 Å². The molecule has 0 radical (unpaired) electrons. The topological polar surface area (TPSA) is 76.0 Å². The number of pyridine rings is 1. The van der Waals surface area contributed by atoms with Crippen molar-refractivity contribution in [2.45, 2.75) is 16.2 Å². The summed E-state index contributed by atoms with van der Waals surface area (Å²) in [6.07, 6.45) is 0. The zero-order chi connectivity index (χ0) is 14.1. The average Bonchev–Trinajstić information content (AvgIpc) is 2.84. The number of aromatic carboxylic acids is 1. The Hall–Kier alpha value is -1.99. The number of benzene rings is 1. The normalized spacial score (nSPS) is 10.8. The van der Waals surface area contributed by atoms with Crippen molar-refractivity contribution in [1.29, 1.82) is 0 Å². The zero-order valence-corrected chi connectivity index (χ0v) is 12.0. The van der Waals surface area contributed by atoms with E-state index in [4.69, 9.17) is 5.11 Å². The second-order valence-electron chi connectivity index (χ2n) is 4.04. The predicted octanol–water partition coefficient (Wildman–Crippen LogP) is 3.24. The van der Waals surface area contributed by atoms with Gasteiger partial charge in [-0.1, -0.05) is 30.0 Å². The van der Waals surface area contributed by atoms with Crippen LogP contribution in [0.4, 0.5) is 0 Å². The highest BCUT2D eigenvalue weighted by molar-refractivity contribution is 8.01. The lowest BCUT2D eigenvalue weighted by Crippen LogP contribution is -2.00. The maximum atomic E-state index is 11.2. The molecule has 0 aliphatic carbocycles. The van der Waals surface area contributed by atoms with Crippen LogP contribution >= 0.6 is 23.3 Å². The van der Waals surface area contributed by atoms with Crippen LogP contribution in [-0.2, 0) is 0 Å². The molecule has 0 atom stereocenters. The molecule has 0 bridgehead atoms. The standard InChI is InChI=1S/C13H9N3O2S2/c1-7-14-13(20-16-7)19-11-6-10(12(17)18)15-9-5-3-2-4-8(9)11/h2-6H,1H3,(H,17,18). The Kier molecular flexibility index (Phi) is 3.37. The van der Waals surface area contributed by atoms with Gasteiger partial charge < -0.3 is 5.11 Å². The quantitative estimate of drug-likeness (QED) is 0.800. The van der Waals surface area contributed by atoms with Crippen LogP contribution in [0.15, 0.2) is 39.6 Å². The van der Waals surface area contributed by atoms with E-state index in [1.807, 2.05) is 25.1 Å². The van der Waals surface area contributed by atoms with E-state index in [2.05, 4.69) is 14.3 Å². The molecule has 2 aromatic heterocycles. The number of para-hydroxylation sites is 1. The fourth-order valence-electron chi connectivity index (χ4n) is 1.75. The van der Waals surface area contributed by atoms with Gasteiger partial charge in [-0.2, -0.15) is 4.37 Å². The van der Waals surface area contributed by atoms with E-state index >= 15 is 0 Å². The van der Waals surface area contributed by atoms with Gasteiger partial charge in [-0.3, -0.25) is 0 Å². The molecule has 0 unspecified atom stereocenters. The van der Waals surface area contributed by atoms with Gasteiger partial charge in [-0.05, 0) is 30.6 Å². The van der Waals surface area contributed by atoms with Crippen molar-refractivity contribution in [1.82, 2.24) is 14.3 Å². The smallest absolute Gasteiger partial charge is 0.354 e. The maximum Gasteiger partial charge on any atom is 0.354 e. The molecule has 3 rings (SSSR count). The lowest BCUT2D eigenvalue weighted by Gasteiger charge is -2.05. The number of aryl methyl sites for hydroxylation is 1. The van der Waals surface area contributed by atoms with E-state index in [0.717, 1.165) is 14.6 Å². The molecule has 0 spiro atoms. The fourth-order valence-corrected chi connectivity index (χ4v) is 3.52. The molecule has 0 aliphatic heterocycles. The molecule has 20 heavy (non-hydrogen) atoms. The Bertz CT molecular complexity index is 801. The Morgan fingerprint density at radius 2 is 2.10 bits per heavy atom. The summed E-state index contributed by atoms with van der Waals surface area (Å²) in [5.41, 5.74) is 0.698. The molecule has 0 saturated heterocycles. The van der Waals surface area contributed by atoms with Crippen molar-refractivity contribution >= 4 is 40.2 Å². The Morgan fingerprint density at radius 1 is 1.30 bits per heavy atom. The Morgan fingerprint density at radius 3 is 2.80 bits per heavy atom. The van der Waals surface area contributed by atoms with Crippen LogP contribution in [0, 0.1) is 6.92 Å². The highest BCUT2D eigenvalue weighted by Gasteiger charge is 2.13. The first kappa shape index (κ1) is 13.0. The molecule has 0 saturated carbocycles. The molecule has 100 valence electrons. The van der Waals surface area contributed by atoms with Crippen LogP contribution in [0.1, 0.15) is 16.3 Å². The van der Waals surface area contributed by atoms with Crippen LogP contribution < -0.4 is 0 Å². The van der Waals surface area contributed by atoms with Gasteiger partial charge in [0.2, 0.25) is 0 Å². The van der Waals surface area contributed by atoms with Gasteiger partial charge in [0, 0.05) is 10.3 Å². The number of carboxylic acid groups (broad SMARTS) is 1. The molecule has 7 heteroatoms. The Balaban J connectivity index is 2.14. The number of fused-ring (bicyclic) bond motifs is 1. The second kappa shape index (κ2) is 5.18. The second-order valence-corrected chi connectivity index (χ2v) is 6.08. The van der Waals surface area contributed by atoms with Gasteiger partial charge in [-0.25, -0.2) is 14.8 Å². The van der Waals surface area contributed by atoms with Crippen LogP contribution in [0.2, 0.25) is 0 Å². The first-order valence-electron chi connectivity index (χ1n) is 5.75. The number of nitrogens with zero attached hydrogens (tertiary/aromatic N) is 3. The number of carboxylic acids is 1. The summed E-state index contributed by atoms with van der Waals surface area (Å²) in [5.74, 6) is -0.319. The van der Waals surface area contributed by atoms with Crippen LogP contribution in [0.3, 0.4) is 0 Å². The third-order valence-corrected chi connectivity index (χ3v) is 4.50. The van der Waals surface area contributed by atoms with E-state index in [1.165, 1.54) is 23.3 Å². The molecule has 0 amide bonds. The van der Waals surface area contributed by atoms with Crippen LogP contribution in [-0.4, -0.2) is 25.4 Å². The minimum absolute atomic E-state index is 0.0347. The lowest BCUT2D eigenvalue weighted by molar-refractivity contribution is 0.0690.